The van der Waals surface area contributed by atoms with Crippen molar-refractivity contribution in [3.05, 3.63) is 35.4 Å². The van der Waals surface area contributed by atoms with Crippen molar-refractivity contribution in [2.45, 2.75) is 45.3 Å². The zero-order chi connectivity index (χ0) is 17.0. The van der Waals surface area contributed by atoms with Crippen LogP contribution in [0.5, 0.6) is 0 Å². The van der Waals surface area contributed by atoms with Gasteiger partial charge in [0, 0.05) is 20.1 Å². The maximum Gasteiger partial charge on any atom is 0.326 e. The van der Waals surface area contributed by atoms with Crippen molar-refractivity contribution in [1.82, 2.24) is 4.90 Å². The Kier molecular flexibility index (Phi) is 5.77. The second-order valence-corrected chi connectivity index (χ2v) is 6.58. The number of nitrogens with zero attached hydrogens (tertiary/aromatic N) is 1. The third-order valence-electron chi connectivity index (χ3n) is 4.22. The molecule has 23 heavy (non-hydrogen) atoms. The minimum Gasteiger partial charge on any atom is -0.480 e. The van der Waals surface area contributed by atoms with Crippen molar-refractivity contribution in [3.8, 4) is 0 Å². The van der Waals surface area contributed by atoms with Crippen LogP contribution in [0.4, 0.5) is 0 Å². The first-order chi connectivity index (χ1) is 10.9. The highest BCUT2D eigenvalue weighted by atomic mass is 16.5. The Hall–Kier alpha value is -1.88. The number of hydrogen-bond acceptors (Lipinski definition) is 3. The zero-order valence-corrected chi connectivity index (χ0v) is 14.0. The van der Waals surface area contributed by atoms with Crippen LogP contribution in [0.1, 0.15) is 31.4 Å². The van der Waals surface area contributed by atoms with Gasteiger partial charge in [0.05, 0.1) is 12.5 Å². The Morgan fingerprint density at radius 3 is 2.39 bits per heavy atom. The lowest BCUT2D eigenvalue weighted by Crippen LogP contribution is -2.41. The van der Waals surface area contributed by atoms with E-state index in [9.17, 15) is 14.7 Å². The van der Waals surface area contributed by atoms with Gasteiger partial charge in [-0.25, -0.2) is 4.79 Å². The molecule has 1 aromatic carbocycles. The summed E-state index contributed by atoms with van der Waals surface area (Å²) in [6.07, 6.45) is 1.39. The lowest BCUT2D eigenvalue weighted by Gasteiger charge is -2.21. The van der Waals surface area contributed by atoms with Crippen LogP contribution in [0.15, 0.2) is 24.3 Å². The maximum absolute atomic E-state index is 12.5. The molecule has 1 aliphatic rings. The summed E-state index contributed by atoms with van der Waals surface area (Å²) in [5.41, 5.74) is 2.16. The van der Waals surface area contributed by atoms with Gasteiger partial charge in [-0.3, -0.25) is 4.79 Å². The molecule has 1 heterocycles. The molecule has 1 aromatic rings. The minimum absolute atomic E-state index is 0.159. The van der Waals surface area contributed by atoms with Crippen LogP contribution >= 0.6 is 0 Å². The summed E-state index contributed by atoms with van der Waals surface area (Å²) in [6, 6.07) is 7.20. The van der Waals surface area contributed by atoms with Crippen LogP contribution in [0, 0.1) is 5.92 Å². The van der Waals surface area contributed by atoms with Gasteiger partial charge in [0.2, 0.25) is 5.91 Å². The number of carbonyl (C=O) groups excluding carboxylic acids is 1. The average Bonchev–Trinajstić information content (AvgIpc) is 2.93. The predicted molar refractivity (Wildman–Crippen MR) is 87.2 cm³/mol. The van der Waals surface area contributed by atoms with E-state index in [1.54, 1.807) is 7.11 Å². The van der Waals surface area contributed by atoms with Gasteiger partial charge in [-0.05, 0) is 23.5 Å². The minimum atomic E-state index is -0.967. The van der Waals surface area contributed by atoms with Crippen LogP contribution in [0.25, 0.3) is 0 Å². The molecule has 1 saturated heterocycles. The lowest BCUT2D eigenvalue weighted by atomic mass is 10.0. The predicted octanol–water partition coefficient (Wildman–Crippen LogP) is 2.13. The van der Waals surface area contributed by atoms with Crippen molar-refractivity contribution in [3.63, 3.8) is 0 Å². The van der Waals surface area contributed by atoms with Crippen molar-refractivity contribution in [1.29, 1.82) is 0 Å². The Labute approximate surface area is 137 Å². The van der Waals surface area contributed by atoms with Crippen LogP contribution in [-0.4, -0.2) is 47.7 Å². The Bertz CT molecular complexity index is 553. The third kappa shape index (κ3) is 4.55. The topological polar surface area (TPSA) is 66.8 Å². The standard InChI is InChI=1S/C18H25NO4/c1-12(2)8-13-4-6-14(7-5-13)9-17(20)19-11-15(23-3)10-16(19)18(21)22/h4-7,12,15-16H,8-11H2,1-3H3,(H,21,22). The number of likely N-dealkylation sites (tertiary alicyclic amines) is 1. The quantitative estimate of drug-likeness (QED) is 0.872. The molecule has 0 bridgehead atoms. The molecule has 2 unspecified atom stereocenters. The average molecular weight is 319 g/mol. The first-order valence-corrected chi connectivity index (χ1v) is 8.03. The van der Waals surface area contributed by atoms with Crippen LogP contribution in [0.2, 0.25) is 0 Å². The third-order valence-corrected chi connectivity index (χ3v) is 4.22. The summed E-state index contributed by atoms with van der Waals surface area (Å²) in [7, 11) is 1.55. The summed E-state index contributed by atoms with van der Waals surface area (Å²) in [6.45, 7) is 4.68. The van der Waals surface area contributed by atoms with E-state index in [4.69, 9.17) is 4.74 Å². The van der Waals surface area contributed by atoms with Crippen LogP contribution in [-0.2, 0) is 27.2 Å². The van der Waals surface area contributed by atoms with Gasteiger partial charge in [-0.1, -0.05) is 38.1 Å². The number of amides is 1. The molecule has 1 aliphatic heterocycles. The number of aliphatic carboxylic acids is 1. The molecule has 0 spiro atoms. The summed E-state index contributed by atoms with van der Waals surface area (Å²) in [5, 5.41) is 9.28. The molecule has 0 saturated carbocycles. The Balaban J connectivity index is 2.01. The van der Waals surface area contributed by atoms with Crippen molar-refractivity contribution >= 4 is 11.9 Å². The van der Waals surface area contributed by atoms with Gasteiger partial charge in [-0.15, -0.1) is 0 Å². The van der Waals surface area contributed by atoms with E-state index >= 15 is 0 Å². The first-order valence-electron chi connectivity index (χ1n) is 8.03. The molecular formula is C18H25NO4. The SMILES string of the molecule is COC1CC(C(=O)O)N(C(=O)Cc2ccc(CC(C)C)cc2)C1. The van der Waals surface area contributed by atoms with E-state index in [1.165, 1.54) is 10.5 Å². The van der Waals surface area contributed by atoms with Gasteiger partial charge in [0.1, 0.15) is 6.04 Å². The van der Waals surface area contributed by atoms with Crippen molar-refractivity contribution < 1.29 is 19.4 Å². The fourth-order valence-corrected chi connectivity index (χ4v) is 3.02. The number of rotatable bonds is 6. The number of carbonyl (C=O) groups is 2. The number of benzene rings is 1. The molecular weight excluding hydrogens is 294 g/mol. The summed E-state index contributed by atoms with van der Waals surface area (Å²) in [4.78, 5) is 25.2. The largest absolute Gasteiger partial charge is 0.480 e. The van der Waals surface area contributed by atoms with Gasteiger partial charge in [0.25, 0.3) is 0 Å². The smallest absolute Gasteiger partial charge is 0.326 e. The highest BCUT2D eigenvalue weighted by Gasteiger charge is 2.39. The van der Waals surface area contributed by atoms with E-state index in [2.05, 4.69) is 13.8 Å². The van der Waals surface area contributed by atoms with E-state index < -0.39 is 12.0 Å². The number of carboxylic acids is 1. The van der Waals surface area contributed by atoms with Crippen LogP contribution in [0.3, 0.4) is 0 Å². The highest BCUT2D eigenvalue weighted by molar-refractivity contribution is 5.85. The zero-order valence-electron chi connectivity index (χ0n) is 14.0. The molecule has 0 aliphatic carbocycles. The Morgan fingerprint density at radius 1 is 1.26 bits per heavy atom. The molecule has 2 atom stereocenters. The summed E-state index contributed by atoms with van der Waals surface area (Å²) in [5.74, 6) is -0.534. The van der Waals surface area contributed by atoms with E-state index in [0.717, 1.165) is 12.0 Å². The molecule has 1 amide bonds. The summed E-state index contributed by atoms with van der Waals surface area (Å²) >= 11 is 0. The molecule has 2 rings (SSSR count). The second-order valence-electron chi connectivity index (χ2n) is 6.58. The van der Waals surface area contributed by atoms with E-state index in [1.807, 2.05) is 24.3 Å². The number of ether oxygens (including phenoxy) is 1. The number of methoxy groups -OCH3 is 1. The van der Waals surface area contributed by atoms with Gasteiger partial charge in [-0.2, -0.15) is 0 Å². The molecule has 126 valence electrons. The van der Waals surface area contributed by atoms with Gasteiger partial charge < -0.3 is 14.7 Å². The second kappa shape index (κ2) is 7.59. The fourth-order valence-electron chi connectivity index (χ4n) is 3.02. The number of hydrogen-bond donors (Lipinski definition) is 1. The van der Waals surface area contributed by atoms with E-state index in [-0.39, 0.29) is 18.4 Å². The highest BCUT2D eigenvalue weighted by Crippen LogP contribution is 2.21. The normalized spacial score (nSPS) is 21.0. The maximum atomic E-state index is 12.5. The Morgan fingerprint density at radius 2 is 1.87 bits per heavy atom. The van der Waals surface area contributed by atoms with Crippen LogP contribution < -0.4 is 0 Å². The van der Waals surface area contributed by atoms with Crippen molar-refractivity contribution in [2.24, 2.45) is 5.92 Å². The molecule has 5 nitrogen and oxygen atoms in total. The monoisotopic (exact) mass is 319 g/mol. The molecule has 1 fully saturated rings. The van der Waals surface area contributed by atoms with Gasteiger partial charge >= 0.3 is 5.97 Å². The molecule has 0 aromatic heterocycles. The fraction of sp³-hybridized carbons (Fsp3) is 0.556. The molecule has 0 radical (unpaired) electrons. The van der Waals surface area contributed by atoms with Gasteiger partial charge in [0.15, 0.2) is 0 Å². The molecule has 1 N–H and O–H groups in total. The van der Waals surface area contributed by atoms with E-state index in [0.29, 0.717) is 18.9 Å². The summed E-state index contributed by atoms with van der Waals surface area (Å²) < 4.78 is 5.22. The number of carboxylic acid groups (broad SMARTS) is 1. The first kappa shape index (κ1) is 17.5. The van der Waals surface area contributed by atoms with Crippen molar-refractivity contribution in [2.75, 3.05) is 13.7 Å². The lowest BCUT2D eigenvalue weighted by molar-refractivity contribution is -0.148. The molecule has 5 heteroatoms.